The van der Waals surface area contributed by atoms with E-state index in [-0.39, 0.29) is 11.7 Å². The summed E-state index contributed by atoms with van der Waals surface area (Å²) in [6.45, 7) is 5.32. The van der Waals surface area contributed by atoms with Crippen LogP contribution in [0, 0.1) is 5.92 Å². The number of Topliss-reactive ketones (excluding diaryl/α,β-unsaturated/α-hetero) is 1. The average Bonchev–Trinajstić information content (AvgIpc) is 2.29. The zero-order valence-corrected chi connectivity index (χ0v) is 9.73. The fourth-order valence-electron chi connectivity index (χ4n) is 1.56. The first-order chi connectivity index (χ1) is 7.74. The Hall–Kier alpha value is -1.63. The summed E-state index contributed by atoms with van der Waals surface area (Å²) in [5.41, 5.74) is 1.17. The number of rotatable bonds is 6. The molecule has 1 atom stereocenters. The van der Waals surface area contributed by atoms with Crippen LogP contribution in [0.2, 0.25) is 0 Å². The van der Waals surface area contributed by atoms with Gasteiger partial charge in [0, 0.05) is 5.92 Å². The van der Waals surface area contributed by atoms with Crippen LogP contribution in [0.4, 0.5) is 0 Å². The lowest BCUT2D eigenvalue weighted by Crippen LogP contribution is -2.08. The molecule has 0 aliphatic carbocycles. The van der Waals surface area contributed by atoms with Crippen molar-refractivity contribution in [3.8, 4) is 0 Å². The lowest BCUT2D eigenvalue weighted by atomic mass is 9.97. The lowest BCUT2D eigenvalue weighted by molar-refractivity contribution is -0.120. The molecule has 0 saturated heterocycles. The predicted octanol–water partition coefficient (Wildman–Crippen LogP) is 3.87. The molecule has 84 valence electrons. The van der Waals surface area contributed by atoms with Gasteiger partial charge in [0.25, 0.3) is 0 Å². The Morgan fingerprint density at radius 3 is 2.56 bits per heavy atom. The van der Waals surface area contributed by atoms with Crippen LogP contribution in [0.1, 0.15) is 25.3 Å². The summed E-state index contributed by atoms with van der Waals surface area (Å²) >= 11 is 0. The summed E-state index contributed by atoms with van der Waals surface area (Å²) < 4.78 is 0. The van der Waals surface area contributed by atoms with E-state index in [1.165, 1.54) is 5.56 Å². The second-order valence-electron chi connectivity index (χ2n) is 3.88. The van der Waals surface area contributed by atoms with Crippen molar-refractivity contribution in [1.82, 2.24) is 0 Å². The fraction of sp³-hybridized carbons (Fsp3) is 0.267. The normalized spacial score (nSPS) is 12.6. The highest BCUT2D eigenvalue weighted by Gasteiger charge is 2.09. The zero-order chi connectivity index (χ0) is 11.8. The molecule has 0 aliphatic heterocycles. The second kappa shape index (κ2) is 6.78. The lowest BCUT2D eigenvalue weighted by Gasteiger charge is -2.07. The molecule has 0 radical (unpaired) electrons. The summed E-state index contributed by atoms with van der Waals surface area (Å²) in [7, 11) is 0. The molecule has 0 spiro atoms. The van der Waals surface area contributed by atoms with Gasteiger partial charge in [-0.05, 0) is 25.3 Å². The van der Waals surface area contributed by atoms with Crippen molar-refractivity contribution in [2.24, 2.45) is 5.92 Å². The average molecular weight is 214 g/mol. The molecule has 16 heavy (non-hydrogen) atoms. The van der Waals surface area contributed by atoms with Gasteiger partial charge in [0.05, 0.1) is 0 Å². The van der Waals surface area contributed by atoms with E-state index < -0.39 is 0 Å². The summed E-state index contributed by atoms with van der Waals surface area (Å²) in [4.78, 5) is 11.3. The summed E-state index contributed by atoms with van der Waals surface area (Å²) in [5.74, 6) is 0.315. The topological polar surface area (TPSA) is 17.1 Å². The van der Waals surface area contributed by atoms with Gasteiger partial charge >= 0.3 is 0 Å². The van der Waals surface area contributed by atoms with E-state index in [0.29, 0.717) is 0 Å². The van der Waals surface area contributed by atoms with Crippen LogP contribution in [-0.2, 0) is 4.79 Å². The van der Waals surface area contributed by atoms with Crippen LogP contribution < -0.4 is 0 Å². The van der Waals surface area contributed by atoms with Gasteiger partial charge in [-0.3, -0.25) is 4.79 Å². The summed E-state index contributed by atoms with van der Waals surface area (Å²) in [5, 5.41) is 0. The maximum Gasteiger partial charge on any atom is 0.133 e. The number of carbonyl (C=O) groups is 1. The van der Waals surface area contributed by atoms with E-state index in [9.17, 15) is 4.79 Å². The third kappa shape index (κ3) is 4.26. The van der Waals surface area contributed by atoms with Gasteiger partial charge in [-0.25, -0.2) is 0 Å². The molecule has 1 unspecified atom stereocenters. The highest BCUT2D eigenvalue weighted by atomic mass is 16.1. The molecule has 1 aromatic carbocycles. The minimum absolute atomic E-state index is 0.0810. The molecule has 0 fully saturated rings. The molecule has 1 aromatic rings. The Morgan fingerprint density at radius 1 is 1.31 bits per heavy atom. The van der Waals surface area contributed by atoms with E-state index in [0.717, 1.165) is 12.8 Å². The monoisotopic (exact) mass is 214 g/mol. The minimum atomic E-state index is 0.0810. The van der Waals surface area contributed by atoms with Gasteiger partial charge in [0.15, 0.2) is 0 Å². The fourth-order valence-corrected chi connectivity index (χ4v) is 1.56. The van der Waals surface area contributed by atoms with Gasteiger partial charge in [-0.2, -0.15) is 0 Å². The van der Waals surface area contributed by atoms with Gasteiger partial charge in [-0.1, -0.05) is 48.6 Å². The predicted molar refractivity (Wildman–Crippen MR) is 69.1 cm³/mol. The van der Waals surface area contributed by atoms with Crippen LogP contribution in [0.5, 0.6) is 0 Å². The largest absolute Gasteiger partial charge is 0.300 e. The van der Waals surface area contributed by atoms with E-state index >= 15 is 0 Å². The van der Waals surface area contributed by atoms with Crippen molar-refractivity contribution in [2.75, 3.05) is 0 Å². The molecule has 0 aliphatic rings. The second-order valence-corrected chi connectivity index (χ2v) is 3.88. The van der Waals surface area contributed by atoms with Crippen molar-refractivity contribution >= 4 is 11.9 Å². The molecule has 0 aromatic heterocycles. The van der Waals surface area contributed by atoms with Crippen molar-refractivity contribution in [2.45, 2.75) is 19.8 Å². The molecule has 1 rings (SSSR count). The van der Waals surface area contributed by atoms with Crippen LogP contribution in [0.15, 0.2) is 49.1 Å². The molecule has 1 heteroatoms. The maximum atomic E-state index is 11.3. The maximum absolute atomic E-state index is 11.3. The Labute approximate surface area is 97.5 Å². The minimum Gasteiger partial charge on any atom is -0.300 e. The van der Waals surface area contributed by atoms with Crippen molar-refractivity contribution in [3.05, 3.63) is 54.6 Å². The van der Waals surface area contributed by atoms with Crippen LogP contribution in [0.3, 0.4) is 0 Å². The number of hydrogen-bond donors (Lipinski definition) is 0. The van der Waals surface area contributed by atoms with E-state index in [2.05, 4.69) is 18.7 Å². The molecule has 0 bridgehead atoms. The first kappa shape index (κ1) is 12.4. The number of allylic oxidation sites excluding steroid dienone is 2. The molecule has 0 amide bonds. The number of benzene rings is 1. The van der Waals surface area contributed by atoms with Crippen LogP contribution in [-0.4, -0.2) is 5.78 Å². The Balaban J connectivity index is 2.52. The Kier molecular flexibility index (Phi) is 5.27. The van der Waals surface area contributed by atoms with Gasteiger partial charge < -0.3 is 0 Å². The third-order valence-electron chi connectivity index (χ3n) is 2.56. The summed E-state index contributed by atoms with van der Waals surface area (Å²) in [6, 6.07) is 10.1. The Morgan fingerprint density at radius 2 is 2.00 bits per heavy atom. The molecule has 0 N–H and O–H groups in total. The smallest absolute Gasteiger partial charge is 0.133 e. The molecular weight excluding hydrogens is 196 g/mol. The van der Waals surface area contributed by atoms with Gasteiger partial charge in [0.1, 0.15) is 5.78 Å². The van der Waals surface area contributed by atoms with E-state index in [1.54, 1.807) is 6.92 Å². The van der Waals surface area contributed by atoms with Crippen molar-refractivity contribution < 1.29 is 4.79 Å². The summed E-state index contributed by atoms with van der Waals surface area (Å²) in [6.07, 6.45) is 7.47. The molecular formula is C15H18O. The molecule has 0 heterocycles. The van der Waals surface area contributed by atoms with Gasteiger partial charge in [-0.15, -0.1) is 6.58 Å². The highest BCUT2D eigenvalue weighted by molar-refractivity contribution is 5.78. The first-order valence-electron chi connectivity index (χ1n) is 5.57. The van der Waals surface area contributed by atoms with Crippen LogP contribution >= 0.6 is 0 Å². The first-order valence-corrected chi connectivity index (χ1v) is 5.57. The number of carbonyl (C=O) groups excluding carboxylic acids is 1. The standard InChI is InChI=1S/C15H18O/c1-3-8-15(13(2)16)12-7-11-14-9-5-4-6-10-14/h3-7,9-11,15H,1,8,12H2,2H3/b11-7+. The Bertz CT molecular complexity index is 362. The van der Waals surface area contributed by atoms with Crippen molar-refractivity contribution in [1.29, 1.82) is 0 Å². The van der Waals surface area contributed by atoms with Gasteiger partial charge in [0.2, 0.25) is 0 Å². The quantitative estimate of drug-likeness (QED) is 0.657. The van der Waals surface area contributed by atoms with E-state index in [4.69, 9.17) is 0 Å². The zero-order valence-electron chi connectivity index (χ0n) is 9.73. The van der Waals surface area contributed by atoms with Crippen LogP contribution in [0.25, 0.3) is 6.08 Å². The van der Waals surface area contributed by atoms with E-state index in [1.807, 2.05) is 36.4 Å². The molecule has 0 saturated carbocycles. The third-order valence-corrected chi connectivity index (χ3v) is 2.56. The number of hydrogen-bond acceptors (Lipinski definition) is 1. The highest BCUT2D eigenvalue weighted by Crippen LogP contribution is 2.12. The SMILES string of the molecule is C=CCC(C/C=C/c1ccccc1)C(C)=O. The molecule has 1 nitrogen and oxygen atoms in total. The van der Waals surface area contributed by atoms with Crippen molar-refractivity contribution in [3.63, 3.8) is 0 Å². The number of ketones is 1.